The van der Waals surface area contributed by atoms with E-state index in [4.69, 9.17) is 32.7 Å². The molecule has 0 heterocycles. The third-order valence-electron chi connectivity index (χ3n) is 5.36. The average Bonchev–Trinajstić information content (AvgIpc) is 2.99. The van der Waals surface area contributed by atoms with Gasteiger partial charge >= 0.3 is 5.97 Å². The van der Waals surface area contributed by atoms with Crippen LogP contribution in [-0.2, 0) is 9.53 Å². The van der Waals surface area contributed by atoms with Crippen LogP contribution in [0.5, 0.6) is 5.75 Å². The van der Waals surface area contributed by atoms with Crippen LogP contribution in [-0.4, -0.2) is 46.5 Å². The number of halogens is 2. The quantitative estimate of drug-likeness (QED) is 0.239. The molecule has 0 bridgehead atoms. The first-order chi connectivity index (χ1) is 15.3. The van der Waals surface area contributed by atoms with Crippen LogP contribution in [0.3, 0.4) is 0 Å². The van der Waals surface area contributed by atoms with E-state index in [9.17, 15) is 15.0 Å². The van der Waals surface area contributed by atoms with Crippen LogP contribution in [0.1, 0.15) is 46.0 Å². The highest BCUT2D eigenvalue weighted by Gasteiger charge is 2.39. The summed E-state index contributed by atoms with van der Waals surface area (Å²) in [6.07, 6.45) is 9.34. The summed E-state index contributed by atoms with van der Waals surface area (Å²) in [7, 11) is 0. The fourth-order valence-corrected chi connectivity index (χ4v) is 4.47. The van der Waals surface area contributed by atoms with Gasteiger partial charge in [-0.05, 0) is 69.6 Å². The second kappa shape index (κ2) is 13.9. The van der Waals surface area contributed by atoms with Crippen molar-refractivity contribution in [1.29, 1.82) is 0 Å². The molecule has 2 N–H and O–H groups in total. The Morgan fingerprint density at radius 3 is 2.75 bits per heavy atom. The summed E-state index contributed by atoms with van der Waals surface area (Å²) in [5.74, 6) is 0.398. The average molecular weight is 485 g/mol. The summed E-state index contributed by atoms with van der Waals surface area (Å²) >= 11 is 12.4. The van der Waals surface area contributed by atoms with Gasteiger partial charge in [0.1, 0.15) is 18.5 Å². The molecular weight excluding hydrogens is 451 g/mol. The molecule has 1 saturated carbocycles. The van der Waals surface area contributed by atoms with E-state index in [1.807, 2.05) is 32.1 Å². The predicted octanol–water partition coefficient (Wildman–Crippen LogP) is 5.31. The lowest BCUT2D eigenvalue weighted by molar-refractivity contribution is -0.147. The number of carbonyl (C=O) groups is 1. The molecule has 5 atom stereocenters. The van der Waals surface area contributed by atoms with Gasteiger partial charge in [-0.25, -0.2) is 0 Å². The molecule has 0 saturated heterocycles. The van der Waals surface area contributed by atoms with Crippen molar-refractivity contribution in [2.45, 2.75) is 69.6 Å². The van der Waals surface area contributed by atoms with Gasteiger partial charge in [0, 0.05) is 16.8 Å². The van der Waals surface area contributed by atoms with Crippen LogP contribution < -0.4 is 4.74 Å². The van der Waals surface area contributed by atoms with Gasteiger partial charge in [0.25, 0.3) is 0 Å². The molecule has 0 unspecified atom stereocenters. The minimum absolute atomic E-state index is 0.0188. The van der Waals surface area contributed by atoms with Crippen molar-refractivity contribution in [2.24, 2.45) is 11.8 Å². The fraction of sp³-hybridized carbons (Fsp3) is 0.560. The number of esters is 1. The monoisotopic (exact) mass is 484 g/mol. The van der Waals surface area contributed by atoms with E-state index in [1.165, 1.54) is 0 Å². The lowest BCUT2D eigenvalue weighted by atomic mass is 9.89. The van der Waals surface area contributed by atoms with Gasteiger partial charge in [0.15, 0.2) is 0 Å². The number of hydrogen-bond acceptors (Lipinski definition) is 5. The summed E-state index contributed by atoms with van der Waals surface area (Å²) in [5, 5.41) is 21.1. The fourth-order valence-electron chi connectivity index (χ4n) is 3.83. The normalized spacial score (nSPS) is 24.5. The number of aliphatic hydroxyl groups is 2. The number of allylic oxidation sites excluding steroid dienone is 3. The zero-order valence-electron chi connectivity index (χ0n) is 18.7. The Hall–Kier alpha value is -1.53. The van der Waals surface area contributed by atoms with Gasteiger partial charge in [-0.1, -0.05) is 42.0 Å². The molecular formula is C25H34Cl2O5. The molecule has 1 fully saturated rings. The van der Waals surface area contributed by atoms with Crippen LogP contribution in [0.2, 0.25) is 5.02 Å². The second-order valence-electron chi connectivity index (χ2n) is 8.41. The maximum atomic E-state index is 11.5. The van der Waals surface area contributed by atoms with E-state index >= 15 is 0 Å². The molecule has 1 aromatic carbocycles. The summed E-state index contributed by atoms with van der Waals surface area (Å²) in [4.78, 5) is 11.5. The number of hydrogen-bond donors (Lipinski definition) is 2. The van der Waals surface area contributed by atoms with Crippen molar-refractivity contribution < 1.29 is 24.5 Å². The molecule has 0 radical (unpaired) electrons. The Morgan fingerprint density at radius 1 is 1.28 bits per heavy atom. The maximum Gasteiger partial charge on any atom is 0.306 e. The first-order valence-corrected chi connectivity index (χ1v) is 12.0. The third-order valence-corrected chi connectivity index (χ3v) is 6.07. The van der Waals surface area contributed by atoms with Crippen molar-refractivity contribution in [2.75, 3.05) is 6.61 Å². The highest BCUT2D eigenvalue weighted by molar-refractivity contribution is 6.30. The topological polar surface area (TPSA) is 76.0 Å². The van der Waals surface area contributed by atoms with Crippen molar-refractivity contribution in [3.63, 3.8) is 0 Å². The van der Waals surface area contributed by atoms with E-state index in [0.29, 0.717) is 30.0 Å². The third kappa shape index (κ3) is 9.53. The Morgan fingerprint density at radius 2 is 2.03 bits per heavy atom. The van der Waals surface area contributed by atoms with Gasteiger partial charge < -0.3 is 19.7 Å². The molecule has 5 nitrogen and oxygen atoms in total. The molecule has 0 aliphatic heterocycles. The molecule has 1 aliphatic carbocycles. The van der Waals surface area contributed by atoms with Crippen molar-refractivity contribution in [3.05, 3.63) is 53.6 Å². The van der Waals surface area contributed by atoms with Gasteiger partial charge in [0.05, 0.1) is 12.2 Å². The molecule has 0 aromatic heterocycles. The van der Waals surface area contributed by atoms with Crippen molar-refractivity contribution in [1.82, 2.24) is 0 Å². The SMILES string of the molecule is CC(C)OC(=O)CC/C=C\CC[C@@H]1[C@@H](/C=C/[C@@H](O)COc2cccc(Cl)c2)[C@@H](Cl)C[C@@H]1O. The Balaban J connectivity index is 1.78. The molecule has 2 rings (SSSR count). The number of alkyl halides is 1. The van der Waals surface area contributed by atoms with Gasteiger partial charge in [-0.15, -0.1) is 11.6 Å². The molecule has 1 aromatic rings. The number of rotatable bonds is 12. The van der Waals surface area contributed by atoms with E-state index in [-0.39, 0.29) is 35.9 Å². The Bertz CT molecular complexity index is 764. The van der Waals surface area contributed by atoms with Gasteiger partial charge in [-0.3, -0.25) is 4.79 Å². The standard InChI is InChI=1S/C25H34Cl2O5/c1-17(2)32-25(30)11-6-4-3-5-10-22-21(23(27)15-24(22)29)13-12-19(28)16-31-20-9-7-8-18(26)14-20/h3-4,7-9,12-14,17,19,21-24,28-29H,5-6,10-11,15-16H2,1-2H3/b4-3-,13-12+/t19-,21-,22-,23+,24+/m1/s1. The van der Waals surface area contributed by atoms with Crippen LogP contribution >= 0.6 is 23.2 Å². The van der Waals surface area contributed by atoms with Crippen LogP contribution in [0, 0.1) is 11.8 Å². The first-order valence-electron chi connectivity index (χ1n) is 11.2. The Labute approximate surface area is 201 Å². The Kier molecular flexibility index (Phi) is 11.6. The highest BCUT2D eigenvalue weighted by atomic mass is 35.5. The highest BCUT2D eigenvalue weighted by Crippen LogP contribution is 2.39. The van der Waals surface area contributed by atoms with Crippen molar-refractivity contribution >= 4 is 29.2 Å². The van der Waals surface area contributed by atoms with Gasteiger partial charge in [-0.2, -0.15) is 0 Å². The lowest BCUT2D eigenvalue weighted by Gasteiger charge is -2.20. The van der Waals surface area contributed by atoms with Crippen LogP contribution in [0.4, 0.5) is 0 Å². The minimum atomic E-state index is -0.790. The molecule has 1 aliphatic rings. The summed E-state index contributed by atoms with van der Waals surface area (Å²) in [6.45, 7) is 3.77. The lowest BCUT2D eigenvalue weighted by Crippen LogP contribution is -2.20. The molecule has 32 heavy (non-hydrogen) atoms. The van der Waals surface area contributed by atoms with Crippen molar-refractivity contribution in [3.8, 4) is 5.75 Å². The largest absolute Gasteiger partial charge is 0.491 e. The number of carbonyl (C=O) groups excluding carboxylic acids is 1. The minimum Gasteiger partial charge on any atom is -0.491 e. The number of aliphatic hydroxyl groups excluding tert-OH is 2. The number of ether oxygens (including phenoxy) is 2. The smallest absolute Gasteiger partial charge is 0.306 e. The van der Waals surface area contributed by atoms with Gasteiger partial charge in [0.2, 0.25) is 0 Å². The van der Waals surface area contributed by atoms with E-state index in [1.54, 1.807) is 30.3 Å². The second-order valence-corrected chi connectivity index (χ2v) is 9.40. The molecule has 0 spiro atoms. The summed E-state index contributed by atoms with van der Waals surface area (Å²) in [5.41, 5.74) is 0. The van der Waals surface area contributed by atoms with Crippen LogP contribution in [0.15, 0.2) is 48.6 Å². The predicted molar refractivity (Wildman–Crippen MR) is 128 cm³/mol. The van der Waals surface area contributed by atoms with E-state index in [2.05, 4.69) is 0 Å². The van der Waals surface area contributed by atoms with Crippen LogP contribution in [0.25, 0.3) is 0 Å². The van der Waals surface area contributed by atoms with E-state index < -0.39 is 12.2 Å². The molecule has 178 valence electrons. The summed E-state index contributed by atoms with van der Waals surface area (Å²) in [6, 6.07) is 7.01. The first kappa shape index (κ1) is 26.7. The zero-order chi connectivity index (χ0) is 23.5. The summed E-state index contributed by atoms with van der Waals surface area (Å²) < 4.78 is 10.7. The molecule has 0 amide bonds. The number of benzene rings is 1. The zero-order valence-corrected chi connectivity index (χ0v) is 20.2. The van der Waals surface area contributed by atoms with E-state index in [0.717, 1.165) is 12.8 Å². The maximum absolute atomic E-state index is 11.5. The molecule has 7 heteroatoms.